The molecule has 0 N–H and O–H groups in total. The Labute approximate surface area is 232 Å². The SMILES string of the molecule is CC(C)CCC[C@@H](C)[C@H]1CC[C@H]2C3=CC=C4C(C)(C)[C@@H](OC(=O)c5ccccc5)CC[C@]4(C)[C@H]3CC[C@]12C. The Hall–Kier alpha value is -1.83. The van der Waals surface area contributed by atoms with E-state index in [2.05, 4.69) is 60.6 Å². The van der Waals surface area contributed by atoms with E-state index in [-0.39, 0.29) is 22.9 Å². The third-order valence-electron chi connectivity index (χ3n) is 11.8. The van der Waals surface area contributed by atoms with E-state index in [4.69, 9.17) is 4.74 Å². The number of hydrogen-bond acceptors (Lipinski definition) is 2. The zero-order valence-corrected chi connectivity index (χ0v) is 25.2. The molecule has 38 heavy (non-hydrogen) atoms. The Morgan fingerprint density at radius 1 is 0.895 bits per heavy atom. The van der Waals surface area contributed by atoms with Gasteiger partial charge in [-0.3, -0.25) is 0 Å². The fraction of sp³-hybridized carbons (Fsp3) is 0.694. The monoisotopic (exact) mass is 516 g/mol. The first-order valence-electron chi connectivity index (χ1n) is 15.7. The average Bonchev–Trinajstić information content (AvgIpc) is 3.23. The van der Waals surface area contributed by atoms with Gasteiger partial charge in [-0.25, -0.2) is 4.79 Å². The number of benzene rings is 1. The standard InChI is InChI=1S/C36H52O2/c1-24(2)12-11-13-25(3)28-17-18-29-27-16-19-31-34(4,5)32(38-33(37)26-14-9-8-10-15-26)21-23-36(31,7)30(27)20-22-35(28,29)6/h8-10,14-16,19,24-25,28-30,32H,11-13,17-18,20-23H2,1-7H3/t25-,28-,29+,30+,32+,35-,36-/m1/s1. The number of carbonyl (C=O) groups is 1. The molecular formula is C36H52O2. The highest BCUT2D eigenvalue weighted by Crippen LogP contribution is 2.68. The molecule has 0 bridgehead atoms. The zero-order valence-electron chi connectivity index (χ0n) is 25.2. The molecule has 208 valence electrons. The van der Waals surface area contributed by atoms with Crippen molar-refractivity contribution in [3.05, 3.63) is 59.2 Å². The number of carbonyl (C=O) groups excluding carboxylic acids is 1. The molecule has 4 aliphatic rings. The first-order valence-corrected chi connectivity index (χ1v) is 15.7. The van der Waals surface area contributed by atoms with Crippen molar-refractivity contribution in [1.82, 2.24) is 0 Å². The van der Waals surface area contributed by atoms with Gasteiger partial charge in [0.25, 0.3) is 0 Å². The van der Waals surface area contributed by atoms with Gasteiger partial charge < -0.3 is 4.74 Å². The Kier molecular flexibility index (Phi) is 7.51. The van der Waals surface area contributed by atoms with Crippen LogP contribution in [0.15, 0.2) is 53.6 Å². The van der Waals surface area contributed by atoms with Gasteiger partial charge in [0.1, 0.15) is 6.10 Å². The van der Waals surface area contributed by atoms with Crippen LogP contribution >= 0.6 is 0 Å². The maximum atomic E-state index is 13.0. The van der Waals surface area contributed by atoms with E-state index in [0.29, 0.717) is 16.9 Å². The predicted molar refractivity (Wildman–Crippen MR) is 158 cm³/mol. The molecule has 5 rings (SSSR count). The molecule has 2 heteroatoms. The van der Waals surface area contributed by atoms with Gasteiger partial charge in [-0.05, 0) is 91.1 Å². The quantitative estimate of drug-likeness (QED) is 0.337. The van der Waals surface area contributed by atoms with Crippen molar-refractivity contribution in [3.8, 4) is 0 Å². The van der Waals surface area contributed by atoms with Crippen LogP contribution in [0.5, 0.6) is 0 Å². The van der Waals surface area contributed by atoms with Crippen molar-refractivity contribution >= 4 is 5.97 Å². The number of hydrogen-bond donors (Lipinski definition) is 0. The van der Waals surface area contributed by atoms with E-state index in [1.165, 1.54) is 50.5 Å². The van der Waals surface area contributed by atoms with Crippen molar-refractivity contribution in [2.75, 3.05) is 0 Å². The van der Waals surface area contributed by atoms with Gasteiger partial charge >= 0.3 is 5.97 Å². The third kappa shape index (κ3) is 4.62. The Balaban J connectivity index is 1.36. The first kappa shape index (κ1) is 27.7. The topological polar surface area (TPSA) is 26.3 Å². The summed E-state index contributed by atoms with van der Waals surface area (Å²) in [5, 5.41) is 0. The number of fused-ring (bicyclic) bond motifs is 5. The van der Waals surface area contributed by atoms with Crippen molar-refractivity contribution in [3.63, 3.8) is 0 Å². The number of rotatable bonds is 7. The Bertz CT molecular complexity index is 1080. The van der Waals surface area contributed by atoms with Gasteiger partial charge in [0.15, 0.2) is 0 Å². The van der Waals surface area contributed by atoms with E-state index in [9.17, 15) is 4.79 Å². The minimum atomic E-state index is -0.187. The van der Waals surface area contributed by atoms with E-state index in [1.807, 2.05) is 30.3 Å². The molecule has 3 fully saturated rings. The molecule has 0 aliphatic heterocycles. The number of ether oxygens (including phenoxy) is 1. The summed E-state index contributed by atoms with van der Waals surface area (Å²) >= 11 is 0. The summed E-state index contributed by atoms with van der Waals surface area (Å²) in [5.74, 6) is 3.71. The molecule has 0 heterocycles. The molecule has 1 aromatic carbocycles. The maximum Gasteiger partial charge on any atom is 0.338 e. The first-order chi connectivity index (χ1) is 18.0. The lowest BCUT2D eigenvalue weighted by Crippen LogP contribution is -2.52. The molecule has 2 nitrogen and oxygen atoms in total. The zero-order chi connectivity index (χ0) is 27.3. The van der Waals surface area contributed by atoms with Gasteiger partial charge in [0.2, 0.25) is 0 Å². The van der Waals surface area contributed by atoms with Crippen LogP contribution in [-0.2, 0) is 4.74 Å². The second kappa shape index (κ2) is 10.3. The highest BCUT2D eigenvalue weighted by atomic mass is 16.5. The summed E-state index contributed by atoms with van der Waals surface area (Å²) in [6.07, 6.45) is 16.6. The van der Waals surface area contributed by atoms with Crippen LogP contribution in [0.1, 0.15) is 117 Å². The van der Waals surface area contributed by atoms with Crippen LogP contribution in [0.2, 0.25) is 0 Å². The summed E-state index contributed by atoms with van der Waals surface area (Å²) in [7, 11) is 0. The Morgan fingerprint density at radius 2 is 1.63 bits per heavy atom. The number of esters is 1. The largest absolute Gasteiger partial charge is 0.458 e. The molecular weight excluding hydrogens is 464 g/mol. The lowest BCUT2D eigenvalue weighted by atomic mass is 9.46. The van der Waals surface area contributed by atoms with Crippen molar-refractivity contribution in [2.24, 2.45) is 45.8 Å². The summed E-state index contributed by atoms with van der Waals surface area (Å²) < 4.78 is 6.19. The highest BCUT2D eigenvalue weighted by molar-refractivity contribution is 5.89. The fourth-order valence-corrected chi connectivity index (χ4v) is 9.70. The third-order valence-corrected chi connectivity index (χ3v) is 11.8. The van der Waals surface area contributed by atoms with Gasteiger partial charge in [-0.1, -0.05) is 109 Å². The second-order valence-corrected chi connectivity index (χ2v) is 14.8. The van der Waals surface area contributed by atoms with Crippen LogP contribution in [0.25, 0.3) is 0 Å². The predicted octanol–water partition coefficient (Wildman–Crippen LogP) is 9.81. The summed E-state index contributed by atoms with van der Waals surface area (Å²) in [5.41, 5.74) is 4.39. The molecule has 0 amide bonds. The van der Waals surface area contributed by atoms with E-state index >= 15 is 0 Å². The van der Waals surface area contributed by atoms with E-state index < -0.39 is 0 Å². The molecule has 0 radical (unpaired) electrons. The van der Waals surface area contributed by atoms with Crippen LogP contribution in [-0.4, -0.2) is 12.1 Å². The Morgan fingerprint density at radius 3 is 2.34 bits per heavy atom. The van der Waals surface area contributed by atoms with Crippen molar-refractivity contribution in [2.45, 2.75) is 112 Å². The van der Waals surface area contributed by atoms with Gasteiger partial charge in [-0.15, -0.1) is 0 Å². The minimum Gasteiger partial charge on any atom is -0.458 e. The summed E-state index contributed by atoms with van der Waals surface area (Å²) in [6, 6.07) is 9.48. The molecule has 0 aromatic heterocycles. The number of allylic oxidation sites excluding steroid dienone is 3. The average molecular weight is 517 g/mol. The molecule has 0 saturated heterocycles. The summed E-state index contributed by atoms with van der Waals surface area (Å²) in [4.78, 5) is 13.0. The van der Waals surface area contributed by atoms with Crippen LogP contribution < -0.4 is 0 Å². The van der Waals surface area contributed by atoms with Crippen LogP contribution in [0, 0.1) is 45.8 Å². The van der Waals surface area contributed by atoms with Gasteiger partial charge in [0.05, 0.1) is 5.56 Å². The van der Waals surface area contributed by atoms with Crippen LogP contribution in [0.3, 0.4) is 0 Å². The summed E-state index contributed by atoms with van der Waals surface area (Å²) in [6.45, 7) is 17.1. The smallest absolute Gasteiger partial charge is 0.338 e. The lowest BCUT2D eigenvalue weighted by Gasteiger charge is -2.58. The molecule has 1 aromatic rings. The fourth-order valence-electron chi connectivity index (χ4n) is 9.70. The van der Waals surface area contributed by atoms with E-state index in [1.54, 1.807) is 5.57 Å². The van der Waals surface area contributed by atoms with Crippen LogP contribution in [0.4, 0.5) is 0 Å². The van der Waals surface area contributed by atoms with Crippen molar-refractivity contribution < 1.29 is 9.53 Å². The maximum absolute atomic E-state index is 13.0. The molecule has 4 aliphatic carbocycles. The normalized spacial score (nSPS) is 36.4. The van der Waals surface area contributed by atoms with Gasteiger partial charge in [0, 0.05) is 5.41 Å². The molecule has 7 atom stereocenters. The van der Waals surface area contributed by atoms with Crippen molar-refractivity contribution in [1.29, 1.82) is 0 Å². The molecule has 0 spiro atoms. The molecule has 3 saturated carbocycles. The minimum absolute atomic E-state index is 0.0825. The van der Waals surface area contributed by atoms with Gasteiger partial charge in [-0.2, -0.15) is 0 Å². The lowest BCUT2D eigenvalue weighted by molar-refractivity contribution is -0.0394. The van der Waals surface area contributed by atoms with E-state index in [0.717, 1.165) is 36.5 Å². The molecule has 0 unspecified atom stereocenters. The highest BCUT2D eigenvalue weighted by Gasteiger charge is 2.59. The second-order valence-electron chi connectivity index (χ2n) is 14.8.